The number of thioether (sulfide) groups is 1. The summed E-state index contributed by atoms with van der Waals surface area (Å²) < 4.78 is 5.69. The minimum absolute atomic E-state index is 0.556. The molecule has 21 heavy (non-hydrogen) atoms. The molecule has 0 saturated heterocycles. The van der Waals surface area contributed by atoms with Crippen LogP contribution in [0.5, 0.6) is 0 Å². The highest BCUT2D eigenvalue weighted by Gasteiger charge is 2.09. The first-order valence-corrected chi connectivity index (χ1v) is 7.57. The monoisotopic (exact) mass is 297 g/mol. The molecule has 0 unspecified atom stereocenters. The van der Waals surface area contributed by atoms with Crippen molar-refractivity contribution in [2.24, 2.45) is 0 Å². The Morgan fingerprint density at radius 1 is 1.10 bits per heavy atom. The number of anilines is 1. The number of aromatic nitrogens is 2. The van der Waals surface area contributed by atoms with Crippen molar-refractivity contribution in [3.63, 3.8) is 0 Å². The predicted molar refractivity (Wildman–Crippen MR) is 84.9 cm³/mol. The summed E-state index contributed by atoms with van der Waals surface area (Å²) in [6, 6.07) is 15.6. The van der Waals surface area contributed by atoms with Crippen molar-refractivity contribution in [3.05, 3.63) is 60.0 Å². The molecule has 0 atom stereocenters. The molecule has 106 valence electrons. The van der Waals surface area contributed by atoms with E-state index in [1.54, 1.807) is 11.8 Å². The number of nitrogens with two attached hydrogens (primary N) is 1. The Morgan fingerprint density at radius 3 is 2.67 bits per heavy atom. The summed E-state index contributed by atoms with van der Waals surface area (Å²) in [5, 5.41) is 8.18. The van der Waals surface area contributed by atoms with Crippen molar-refractivity contribution in [1.29, 1.82) is 0 Å². The zero-order valence-electron chi connectivity index (χ0n) is 11.6. The summed E-state index contributed by atoms with van der Waals surface area (Å²) in [4.78, 5) is 1.17. The third kappa shape index (κ3) is 3.25. The lowest BCUT2D eigenvalue weighted by molar-refractivity contribution is 0.528. The third-order valence-electron chi connectivity index (χ3n) is 3.04. The Hall–Kier alpha value is -2.27. The van der Waals surface area contributed by atoms with Gasteiger partial charge in [0, 0.05) is 16.1 Å². The Balaban J connectivity index is 1.70. The molecule has 0 fully saturated rings. The second-order valence-corrected chi connectivity index (χ2v) is 5.70. The summed E-state index contributed by atoms with van der Waals surface area (Å²) in [6.07, 6.45) is 0. The fourth-order valence-corrected chi connectivity index (χ4v) is 2.83. The van der Waals surface area contributed by atoms with Crippen molar-refractivity contribution in [2.75, 3.05) is 5.73 Å². The molecule has 5 heteroatoms. The average Bonchev–Trinajstić information content (AvgIpc) is 2.96. The van der Waals surface area contributed by atoms with Crippen LogP contribution in [0.3, 0.4) is 0 Å². The number of nitrogen functional groups attached to an aromatic ring is 1. The number of benzene rings is 2. The van der Waals surface area contributed by atoms with Gasteiger partial charge >= 0.3 is 0 Å². The SMILES string of the molecule is Cc1cc(N)ccc1SCc1nnc(-c2ccccc2)o1. The highest BCUT2D eigenvalue weighted by Crippen LogP contribution is 2.28. The normalized spacial score (nSPS) is 10.7. The standard InChI is InChI=1S/C16H15N3OS/c1-11-9-13(17)7-8-14(11)21-10-15-18-19-16(20-15)12-5-3-2-4-6-12/h2-9H,10,17H2,1H3. The van der Waals surface area contributed by atoms with E-state index >= 15 is 0 Å². The van der Waals surface area contributed by atoms with Gasteiger partial charge in [0.1, 0.15) is 0 Å². The molecule has 0 bridgehead atoms. The Bertz CT molecular complexity index is 740. The minimum atomic E-state index is 0.556. The Morgan fingerprint density at radius 2 is 1.90 bits per heavy atom. The second-order valence-electron chi connectivity index (χ2n) is 4.68. The van der Waals surface area contributed by atoms with Gasteiger partial charge in [-0.1, -0.05) is 18.2 Å². The topological polar surface area (TPSA) is 64.9 Å². The number of nitrogens with zero attached hydrogens (tertiary/aromatic N) is 2. The van der Waals surface area contributed by atoms with Gasteiger partial charge < -0.3 is 10.2 Å². The molecule has 2 N–H and O–H groups in total. The van der Waals surface area contributed by atoms with Crippen LogP contribution in [0.15, 0.2) is 57.8 Å². The molecular formula is C16H15N3OS. The molecule has 2 aromatic carbocycles. The molecule has 3 rings (SSSR count). The molecule has 1 heterocycles. The van der Waals surface area contributed by atoms with Crippen LogP contribution in [-0.2, 0) is 5.75 Å². The molecule has 4 nitrogen and oxygen atoms in total. The Kier molecular flexibility index (Phi) is 3.92. The molecule has 3 aromatic rings. The van der Waals surface area contributed by atoms with Crippen LogP contribution in [0.1, 0.15) is 11.5 Å². The quantitative estimate of drug-likeness (QED) is 0.584. The largest absolute Gasteiger partial charge is 0.420 e. The molecule has 0 saturated carbocycles. The maximum absolute atomic E-state index is 5.75. The molecule has 0 radical (unpaired) electrons. The van der Waals surface area contributed by atoms with Crippen molar-refractivity contribution in [1.82, 2.24) is 10.2 Å². The van der Waals surface area contributed by atoms with Crippen LogP contribution in [0.2, 0.25) is 0 Å². The van der Waals surface area contributed by atoms with Gasteiger partial charge in [-0.25, -0.2) is 0 Å². The lowest BCUT2D eigenvalue weighted by atomic mass is 10.2. The van der Waals surface area contributed by atoms with E-state index in [4.69, 9.17) is 10.2 Å². The lowest BCUT2D eigenvalue weighted by Crippen LogP contribution is -1.88. The van der Waals surface area contributed by atoms with Crippen LogP contribution >= 0.6 is 11.8 Å². The molecule has 0 amide bonds. The number of rotatable bonds is 4. The van der Waals surface area contributed by atoms with Crippen LogP contribution < -0.4 is 5.73 Å². The summed E-state index contributed by atoms with van der Waals surface area (Å²) in [5.74, 6) is 1.82. The van der Waals surface area contributed by atoms with Crippen LogP contribution in [0.4, 0.5) is 5.69 Å². The van der Waals surface area contributed by atoms with Gasteiger partial charge in [0.15, 0.2) is 0 Å². The lowest BCUT2D eigenvalue weighted by Gasteiger charge is -2.04. The summed E-state index contributed by atoms with van der Waals surface area (Å²) >= 11 is 1.67. The van der Waals surface area contributed by atoms with Gasteiger partial charge in [-0.3, -0.25) is 0 Å². The van der Waals surface area contributed by atoms with Crippen molar-refractivity contribution in [3.8, 4) is 11.5 Å². The third-order valence-corrected chi connectivity index (χ3v) is 4.20. The second kappa shape index (κ2) is 6.01. The molecule has 0 aliphatic heterocycles. The number of hydrogen-bond acceptors (Lipinski definition) is 5. The maximum Gasteiger partial charge on any atom is 0.247 e. The van der Waals surface area contributed by atoms with Crippen molar-refractivity contribution in [2.45, 2.75) is 17.6 Å². The molecule has 0 spiro atoms. The highest BCUT2D eigenvalue weighted by atomic mass is 32.2. The first kappa shape index (κ1) is 13.7. The minimum Gasteiger partial charge on any atom is -0.420 e. The molecule has 1 aromatic heterocycles. The summed E-state index contributed by atoms with van der Waals surface area (Å²) in [6.45, 7) is 2.04. The van der Waals surface area contributed by atoms with Crippen LogP contribution in [0, 0.1) is 6.92 Å². The summed E-state index contributed by atoms with van der Waals surface area (Å²) in [7, 11) is 0. The average molecular weight is 297 g/mol. The smallest absolute Gasteiger partial charge is 0.247 e. The van der Waals surface area contributed by atoms with Gasteiger partial charge in [0.05, 0.1) is 5.75 Å². The van der Waals surface area contributed by atoms with Gasteiger partial charge in [-0.15, -0.1) is 22.0 Å². The summed E-state index contributed by atoms with van der Waals surface area (Å²) in [5.41, 5.74) is 8.62. The zero-order chi connectivity index (χ0) is 14.7. The fourth-order valence-electron chi connectivity index (χ4n) is 1.98. The van der Waals surface area contributed by atoms with E-state index in [9.17, 15) is 0 Å². The molecular weight excluding hydrogens is 282 g/mol. The van der Waals surface area contributed by atoms with Crippen LogP contribution in [-0.4, -0.2) is 10.2 Å². The van der Waals surface area contributed by atoms with E-state index in [0.29, 0.717) is 17.5 Å². The van der Waals surface area contributed by atoms with Gasteiger partial charge in [0.2, 0.25) is 11.8 Å². The fraction of sp³-hybridized carbons (Fsp3) is 0.125. The van der Waals surface area contributed by atoms with Crippen molar-refractivity contribution >= 4 is 17.4 Å². The maximum atomic E-state index is 5.75. The molecule has 0 aliphatic rings. The van der Waals surface area contributed by atoms with Crippen LogP contribution in [0.25, 0.3) is 11.5 Å². The first-order valence-electron chi connectivity index (χ1n) is 6.59. The van der Waals surface area contributed by atoms with E-state index in [0.717, 1.165) is 16.8 Å². The van der Waals surface area contributed by atoms with E-state index in [2.05, 4.69) is 10.2 Å². The predicted octanol–water partition coefficient (Wildman–Crippen LogP) is 3.92. The number of hydrogen-bond donors (Lipinski definition) is 1. The van der Waals surface area contributed by atoms with E-state index in [1.165, 1.54) is 4.90 Å². The Labute approximate surface area is 127 Å². The van der Waals surface area contributed by atoms with E-state index in [1.807, 2.05) is 55.5 Å². The van der Waals surface area contributed by atoms with E-state index in [-0.39, 0.29) is 0 Å². The molecule has 0 aliphatic carbocycles. The van der Waals surface area contributed by atoms with Gasteiger partial charge in [-0.2, -0.15) is 0 Å². The van der Waals surface area contributed by atoms with Crippen molar-refractivity contribution < 1.29 is 4.42 Å². The first-order chi connectivity index (χ1) is 10.2. The zero-order valence-corrected chi connectivity index (χ0v) is 12.4. The van der Waals surface area contributed by atoms with E-state index < -0.39 is 0 Å². The van der Waals surface area contributed by atoms with Gasteiger partial charge in [0.25, 0.3) is 0 Å². The van der Waals surface area contributed by atoms with Gasteiger partial charge in [-0.05, 0) is 42.8 Å². The number of aryl methyl sites for hydroxylation is 1. The highest BCUT2D eigenvalue weighted by molar-refractivity contribution is 7.98.